The van der Waals surface area contributed by atoms with Crippen LogP contribution < -0.4 is 16.4 Å². The lowest BCUT2D eigenvalue weighted by Crippen LogP contribution is -2.51. The van der Waals surface area contributed by atoms with Crippen molar-refractivity contribution in [2.45, 2.75) is 68.7 Å². The SMILES string of the molecule is CC(Nc1ccccc1S(=O)(=O)C(C)C)C(=O)N1CCC[C@H]1C(=O)NCC1CCN(C(=N)N)CC1. The highest BCUT2D eigenvalue weighted by Crippen LogP contribution is 2.26. The van der Waals surface area contributed by atoms with Crippen LogP contribution in [-0.4, -0.2) is 79.5 Å². The lowest BCUT2D eigenvalue weighted by molar-refractivity contribution is -0.138. The summed E-state index contributed by atoms with van der Waals surface area (Å²) in [5, 5.41) is 13.0. The minimum Gasteiger partial charge on any atom is -0.373 e. The zero-order chi connectivity index (χ0) is 25.8. The van der Waals surface area contributed by atoms with Crippen LogP contribution in [0.25, 0.3) is 0 Å². The Hall–Kier alpha value is -2.82. The number of anilines is 1. The zero-order valence-electron chi connectivity index (χ0n) is 20.8. The summed E-state index contributed by atoms with van der Waals surface area (Å²) < 4.78 is 25.5. The second-order valence-corrected chi connectivity index (χ2v) is 12.2. The van der Waals surface area contributed by atoms with E-state index in [1.807, 2.05) is 4.90 Å². The van der Waals surface area contributed by atoms with E-state index in [4.69, 9.17) is 11.1 Å². The van der Waals surface area contributed by atoms with Crippen molar-refractivity contribution in [1.82, 2.24) is 15.1 Å². The van der Waals surface area contributed by atoms with Gasteiger partial charge in [0.2, 0.25) is 11.8 Å². The van der Waals surface area contributed by atoms with E-state index in [2.05, 4.69) is 10.6 Å². The van der Waals surface area contributed by atoms with Gasteiger partial charge in [0.1, 0.15) is 12.1 Å². The number of guanidine groups is 1. The Morgan fingerprint density at radius 2 is 1.77 bits per heavy atom. The summed E-state index contributed by atoms with van der Waals surface area (Å²) in [5.74, 6) is 0.0221. The molecule has 5 N–H and O–H groups in total. The summed E-state index contributed by atoms with van der Waals surface area (Å²) in [6, 6.07) is 5.37. The van der Waals surface area contributed by atoms with Gasteiger partial charge in [-0.05, 0) is 64.5 Å². The van der Waals surface area contributed by atoms with Crippen LogP contribution in [0.1, 0.15) is 46.5 Å². The number of para-hydroxylation sites is 1. The third-order valence-corrected chi connectivity index (χ3v) is 9.13. The zero-order valence-corrected chi connectivity index (χ0v) is 21.6. The van der Waals surface area contributed by atoms with Crippen LogP contribution in [0.5, 0.6) is 0 Å². The molecule has 0 spiro atoms. The molecule has 11 heteroatoms. The maximum Gasteiger partial charge on any atom is 0.245 e. The lowest BCUT2D eigenvalue weighted by atomic mass is 9.97. The van der Waals surface area contributed by atoms with Crippen LogP contribution in [0.15, 0.2) is 29.2 Å². The number of sulfone groups is 1. The third kappa shape index (κ3) is 6.25. The highest BCUT2D eigenvalue weighted by molar-refractivity contribution is 7.92. The molecule has 3 rings (SSSR count). The van der Waals surface area contributed by atoms with Crippen molar-refractivity contribution in [3.8, 4) is 0 Å². The number of rotatable bonds is 8. The van der Waals surface area contributed by atoms with E-state index >= 15 is 0 Å². The third-order valence-electron chi connectivity index (χ3n) is 6.92. The van der Waals surface area contributed by atoms with Gasteiger partial charge in [-0.3, -0.25) is 15.0 Å². The monoisotopic (exact) mass is 506 g/mol. The second kappa shape index (κ2) is 11.3. The standard InChI is InChI=1S/C24H38N6O4S/c1-16(2)35(33,34)21-9-5-4-7-19(21)28-17(3)23(32)30-12-6-8-20(30)22(31)27-15-18-10-13-29(14-11-18)24(25)26/h4-5,7,9,16-18,20,28H,6,8,10-15H2,1-3H3,(H3,25,26)(H,27,31)/t17?,20-/m0/s1. The van der Waals surface area contributed by atoms with E-state index in [0.717, 1.165) is 19.3 Å². The molecule has 10 nitrogen and oxygen atoms in total. The van der Waals surface area contributed by atoms with Gasteiger partial charge < -0.3 is 26.2 Å². The number of carbonyl (C=O) groups is 2. The first kappa shape index (κ1) is 26.8. The van der Waals surface area contributed by atoms with Crippen molar-refractivity contribution < 1.29 is 18.0 Å². The first-order valence-corrected chi connectivity index (χ1v) is 13.8. The second-order valence-electron chi connectivity index (χ2n) is 9.71. The molecule has 2 amide bonds. The average molecular weight is 507 g/mol. The number of nitrogens with zero attached hydrogens (tertiary/aromatic N) is 2. The van der Waals surface area contributed by atoms with Gasteiger partial charge in [-0.15, -0.1) is 0 Å². The fourth-order valence-electron chi connectivity index (χ4n) is 4.68. The highest BCUT2D eigenvalue weighted by Gasteiger charge is 2.36. The fourth-order valence-corrected chi connectivity index (χ4v) is 5.89. The molecule has 1 aromatic rings. The lowest BCUT2D eigenvalue weighted by Gasteiger charge is -2.33. The minimum absolute atomic E-state index is 0.0831. The Balaban J connectivity index is 1.59. The number of carbonyl (C=O) groups excluding carboxylic acids is 2. The number of piperidine rings is 1. The molecular weight excluding hydrogens is 468 g/mol. The molecular formula is C24H38N6O4S. The molecule has 2 aliphatic rings. The molecule has 0 radical (unpaired) electrons. The summed E-state index contributed by atoms with van der Waals surface area (Å²) in [6.07, 6.45) is 3.05. The van der Waals surface area contributed by atoms with Crippen molar-refractivity contribution in [3.63, 3.8) is 0 Å². The van der Waals surface area contributed by atoms with Crippen LogP contribution in [0.2, 0.25) is 0 Å². The van der Waals surface area contributed by atoms with Gasteiger partial charge in [0.15, 0.2) is 15.8 Å². The van der Waals surface area contributed by atoms with E-state index in [0.29, 0.717) is 44.2 Å². The van der Waals surface area contributed by atoms with E-state index < -0.39 is 27.2 Å². The summed E-state index contributed by atoms with van der Waals surface area (Å²) in [4.78, 5) is 29.8. The fraction of sp³-hybridized carbons (Fsp3) is 0.625. The van der Waals surface area contributed by atoms with Crippen molar-refractivity contribution in [2.75, 3.05) is 31.5 Å². The van der Waals surface area contributed by atoms with Gasteiger partial charge in [-0.1, -0.05) is 12.1 Å². The molecule has 2 atom stereocenters. The molecule has 194 valence electrons. The van der Waals surface area contributed by atoms with E-state index in [1.165, 1.54) is 0 Å². The normalized spacial score (nSPS) is 20.1. The van der Waals surface area contributed by atoms with Crippen LogP contribution >= 0.6 is 0 Å². The smallest absolute Gasteiger partial charge is 0.245 e. The molecule has 1 aromatic carbocycles. The molecule has 0 aliphatic carbocycles. The number of hydrogen-bond donors (Lipinski definition) is 4. The predicted octanol–water partition coefficient (Wildman–Crippen LogP) is 1.38. The van der Waals surface area contributed by atoms with Crippen LogP contribution in [0, 0.1) is 11.3 Å². The van der Waals surface area contributed by atoms with Crippen LogP contribution in [-0.2, 0) is 19.4 Å². The number of likely N-dealkylation sites (tertiary alicyclic amines) is 2. The Kier molecular flexibility index (Phi) is 8.63. The maximum atomic E-state index is 13.3. The first-order chi connectivity index (χ1) is 16.5. The van der Waals surface area contributed by atoms with Gasteiger partial charge in [0.25, 0.3) is 0 Å². The molecule has 0 aromatic heterocycles. The van der Waals surface area contributed by atoms with Gasteiger partial charge >= 0.3 is 0 Å². The number of benzene rings is 1. The number of hydrogen-bond acceptors (Lipinski definition) is 6. The Bertz CT molecular complexity index is 1040. The topological polar surface area (TPSA) is 149 Å². The van der Waals surface area contributed by atoms with E-state index in [9.17, 15) is 18.0 Å². The van der Waals surface area contributed by atoms with Gasteiger partial charge in [0, 0.05) is 26.2 Å². The van der Waals surface area contributed by atoms with E-state index in [-0.39, 0.29) is 22.7 Å². The number of nitrogens with one attached hydrogen (secondary N) is 3. The van der Waals surface area contributed by atoms with Gasteiger partial charge in [-0.2, -0.15) is 0 Å². The Morgan fingerprint density at radius 3 is 2.40 bits per heavy atom. The quantitative estimate of drug-likeness (QED) is 0.307. The number of amides is 2. The molecule has 2 heterocycles. The van der Waals surface area contributed by atoms with E-state index in [1.54, 1.807) is 49.9 Å². The average Bonchev–Trinajstić information content (AvgIpc) is 3.32. The predicted molar refractivity (Wildman–Crippen MR) is 136 cm³/mol. The van der Waals surface area contributed by atoms with Crippen molar-refractivity contribution >= 4 is 33.3 Å². The van der Waals surface area contributed by atoms with Gasteiger partial charge in [-0.25, -0.2) is 8.42 Å². The Labute approximate surface area is 208 Å². The summed E-state index contributed by atoms with van der Waals surface area (Å²) in [6.45, 7) is 7.39. The van der Waals surface area contributed by atoms with Crippen molar-refractivity contribution in [3.05, 3.63) is 24.3 Å². The minimum atomic E-state index is -3.52. The molecule has 2 aliphatic heterocycles. The first-order valence-electron chi connectivity index (χ1n) is 12.3. The highest BCUT2D eigenvalue weighted by atomic mass is 32.2. The van der Waals surface area contributed by atoms with Crippen molar-refractivity contribution in [1.29, 1.82) is 5.41 Å². The molecule has 35 heavy (non-hydrogen) atoms. The molecule has 0 saturated carbocycles. The number of nitrogens with two attached hydrogens (primary N) is 1. The summed E-state index contributed by atoms with van der Waals surface area (Å²) in [7, 11) is -3.52. The summed E-state index contributed by atoms with van der Waals surface area (Å²) in [5.41, 5.74) is 5.93. The van der Waals surface area contributed by atoms with Crippen LogP contribution in [0.3, 0.4) is 0 Å². The molecule has 2 fully saturated rings. The maximum absolute atomic E-state index is 13.3. The summed E-state index contributed by atoms with van der Waals surface area (Å²) >= 11 is 0. The largest absolute Gasteiger partial charge is 0.373 e. The molecule has 0 bridgehead atoms. The molecule has 1 unspecified atom stereocenters. The van der Waals surface area contributed by atoms with Crippen molar-refractivity contribution in [2.24, 2.45) is 11.7 Å². The van der Waals surface area contributed by atoms with Gasteiger partial charge in [0.05, 0.1) is 15.8 Å². The molecule has 2 saturated heterocycles. The van der Waals surface area contributed by atoms with Crippen LogP contribution in [0.4, 0.5) is 5.69 Å². The Morgan fingerprint density at radius 1 is 1.11 bits per heavy atom.